The molecule has 0 saturated heterocycles. The van der Waals surface area contributed by atoms with Gasteiger partial charge in [-0.05, 0) is 6.92 Å². The number of hydrogen-bond donors (Lipinski definition) is 2. The van der Waals surface area contributed by atoms with Crippen LogP contribution in [0.25, 0.3) is 0 Å². The zero-order chi connectivity index (χ0) is 4.71. The summed E-state index contributed by atoms with van der Waals surface area (Å²) in [5, 5.41) is 14.6. The fourth-order valence-corrected chi connectivity index (χ4v) is 0. The second kappa shape index (κ2) is 56.9. The maximum atomic E-state index is 7.57. The quantitative estimate of drug-likeness (QED) is 0.325. The zero-order valence-corrected chi connectivity index (χ0v) is 7.74. The van der Waals surface area contributed by atoms with Crippen molar-refractivity contribution in [3.8, 4) is 0 Å². The molecule has 0 fully saturated rings. The minimum absolute atomic E-state index is 0. The molecule has 0 aromatic rings. The molecule has 0 rings (SSSR count). The van der Waals surface area contributed by atoms with Gasteiger partial charge in [0.05, 0.1) is 0 Å². The first-order valence-corrected chi connectivity index (χ1v) is 1.47. The van der Waals surface area contributed by atoms with Crippen molar-refractivity contribution >= 4 is 0 Å². The third kappa shape index (κ3) is 134. The van der Waals surface area contributed by atoms with E-state index in [2.05, 4.69) is 0 Å². The Morgan fingerprint density at radius 1 is 1.29 bits per heavy atom. The number of aliphatic hydroxyl groups is 2. The Morgan fingerprint density at radius 3 is 1.29 bits per heavy atom. The van der Waals surface area contributed by atoms with Gasteiger partial charge in [-0.25, -0.2) is 0 Å². The molecule has 0 unspecified atom stereocenters. The molecule has 4 heteroatoms. The topological polar surface area (TPSA) is 40.5 Å². The number of rotatable bonds is 0. The van der Waals surface area contributed by atoms with Gasteiger partial charge in [0.15, 0.2) is 0 Å². The van der Waals surface area contributed by atoms with Gasteiger partial charge in [-0.15, -0.1) is 0 Å². The molecule has 0 saturated carbocycles. The van der Waals surface area contributed by atoms with Gasteiger partial charge in [0.1, 0.15) is 0 Å². The van der Waals surface area contributed by atoms with Crippen molar-refractivity contribution in [3.05, 3.63) is 0 Å². The Labute approximate surface area is 72.6 Å². The van der Waals surface area contributed by atoms with E-state index in [1.165, 1.54) is 0 Å². The smallest absolute Gasteiger partial charge is 1.00 e. The van der Waals surface area contributed by atoms with Gasteiger partial charge < -0.3 is 22.6 Å². The molecular weight excluding hydrogens is 126 g/mol. The van der Waals surface area contributed by atoms with E-state index in [4.69, 9.17) is 10.2 Å². The summed E-state index contributed by atoms with van der Waals surface area (Å²) in [7, 11) is 1.00. The monoisotopic (exact) mass is 136 g/mol. The molecule has 2 N–H and O–H groups in total. The van der Waals surface area contributed by atoms with Crippen LogP contribution >= 0.6 is 0 Å². The summed E-state index contributed by atoms with van der Waals surface area (Å²) in [6.45, 7) is 1.93. The SMILES string of the molecule is CCO.CO.[Cl-].[Na+]. The molecule has 0 radical (unpaired) electrons. The van der Waals surface area contributed by atoms with Crippen LogP contribution in [0.4, 0.5) is 0 Å². The summed E-state index contributed by atoms with van der Waals surface area (Å²) in [5.74, 6) is 0. The first kappa shape index (κ1) is 24.1. The van der Waals surface area contributed by atoms with Crippen molar-refractivity contribution in [2.75, 3.05) is 13.7 Å². The minimum atomic E-state index is 0. The predicted octanol–water partition coefficient (Wildman–Crippen LogP) is -6.38. The average molecular weight is 137 g/mol. The van der Waals surface area contributed by atoms with Gasteiger partial charge in [-0.2, -0.15) is 0 Å². The summed E-state index contributed by atoms with van der Waals surface area (Å²) in [4.78, 5) is 0. The molecule has 0 atom stereocenters. The molecule has 0 spiro atoms. The first-order chi connectivity index (χ1) is 2.41. The molecular formula is C3H10ClNaO2. The van der Waals surface area contributed by atoms with E-state index in [9.17, 15) is 0 Å². The summed E-state index contributed by atoms with van der Waals surface area (Å²) in [6.07, 6.45) is 0. The first-order valence-electron chi connectivity index (χ1n) is 1.47. The molecule has 0 aromatic carbocycles. The van der Waals surface area contributed by atoms with Crippen molar-refractivity contribution in [1.29, 1.82) is 0 Å². The second-order valence-corrected chi connectivity index (χ2v) is 0.316. The van der Waals surface area contributed by atoms with Crippen LogP contribution in [0.15, 0.2) is 0 Å². The third-order valence-electron chi connectivity index (χ3n) is 0. The molecule has 7 heavy (non-hydrogen) atoms. The molecule has 0 heterocycles. The standard InChI is InChI=1S/C2H6O.CH4O.ClH.Na/c1-2-3;1-2;;/h3H,2H2,1H3;2H,1H3;1H;/q;;;+1/p-1. The van der Waals surface area contributed by atoms with Crippen molar-refractivity contribution in [1.82, 2.24) is 0 Å². The molecule has 0 aliphatic rings. The van der Waals surface area contributed by atoms with Gasteiger partial charge >= 0.3 is 29.6 Å². The summed E-state index contributed by atoms with van der Waals surface area (Å²) in [6, 6.07) is 0. The third-order valence-corrected chi connectivity index (χ3v) is 0. The van der Waals surface area contributed by atoms with E-state index in [0.717, 1.165) is 7.11 Å². The molecule has 0 aliphatic heterocycles. The molecule has 2 nitrogen and oxygen atoms in total. The van der Waals surface area contributed by atoms with Crippen LogP contribution in [0.5, 0.6) is 0 Å². The largest absolute Gasteiger partial charge is 1.00 e. The number of hydrogen-bond acceptors (Lipinski definition) is 2. The minimum Gasteiger partial charge on any atom is -1.00 e. The Balaban J connectivity index is -0.0000000105. The Morgan fingerprint density at radius 2 is 1.29 bits per heavy atom. The second-order valence-electron chi connectivity index (χ2n) is 0.316. The van der Waals surface area contributed by atoms with Crippen LogP contribution in [0.2, 0.25) is 0 Å². The van der Waals surface area contributed by atoms with Gasteiger partial charge in [0.25, 0.3) is 0 Å². The maximum Gasteiger partial charge on any atom is 1.00 e. The Hall–Kier alpha value is 1.21. The number of aliphatic hydroxyl groups excluding tert-OH is 2. The van der Waals surface area contributed by atoms with Gasteiger partial charge in [0.2, 0.25) is 0 Å². The molecule has 0 aromatic heterocycles. The van der Waals surface area contributed by atoms with Crippen LogP contribution in [0.1, 0.15) is 6.92 Å². The van der Waals surface area contributed by atoms with Gasteiger partial charge in [0, 0.05) is 13.7 Å². The van der Waals surface area contributed by atoms with Crippen molar-refractivity contribution in [3.63, 3.8) is 0 Å². The zero-order valence-electron chi connectivity index (χ0n) is 4.98. The van der Waals surface area contributed by atoms with E-state index in [-0.39, 0.29) is 48.6 Å². The normalized spacial score (nSPS) is 3.43. The Bertz CT molecular complexity index is 12.9. The molecule has 0 bridgehead atoms. The fraction of sp³-hybridized carbons (Fsp3) is 1.00. The maximum absolute atomic E-state index is 7.57. The summed E-state index contributed by atoms with van der Waals surface area (Å²) < 4.78 is 0. The van der Waals surface area contributed by atoms with E-state index in [0.29, 0.717) is 0 Å². The summed E-state index contributed by atoms with van der Waals surface area (Å²) >= 11 is 0. The predicted molar refractivity (Wildman–Crippen MR) is 20.9 cm³/mol. The van der Waals surface area contributed by atoms with Gasteiger partial charge in [-0.3, -0.25) is 0 Å². The van der Waals surface area contributed by atoms with Crippen LogP contribution in [0.3, 0.4) is 0 Å². The van der Waals surface area contributed by atoms with Crippen LogP contribution in [-0.2, 0) is 0 Å². The van der Waals surface area contributed by atoms with Crippen molar-refractivity contribution < 1.29 is 52.2 Å². The van der Waals surface area contributed by atoms with E-state index < -0.39 is 0 Å². The number of halogens is 1. The van der Waals surface area contributed by atoms with E-state index >= 15 is 0 Å². The van der Waals surface area contributed by atoms with E-state index in [1.54, 1.807) is 6.92 Å². The molecule has 0 aliphatic carbocycles. The molecule has 0 amide bonds. The van der Waals surface area contributed by atoms with Crippen molar-refractivity contribution in [2.24, 2.45) is 0 Å². The van der Waals surface area contributed by atoms with E-state index in [1.807, 2.05) is 0 Å². The fourth-order valence-electron chi connectivity index (χ4n) is 0. The van der Waals surface area contributed by atoms with Crippen LogP contribution in [-0.4, -0.2) is 23.9 Å². The summed E-state index contributed by atoms with van der Waals surface area (Å²) in [5.41, 5.74) is 0. The van der Waals surface area contributed by atoms with Crippen LogP contribution < -0.4 is 42.0 Å². The van der Waals surface area contributed by atoms with Crippen LogP contribution in [0, 0.1) is 0 Å². The average Bonchev–Trinajstić information content (AvgIpc) is 1.46. The molecule has 42 valence electrons. The van der Waals surface area contributed by atoms with Gasteiger partial charge in [-0.1, -0.05) is 0 Å². The van der Waals surface area contributed by atoms with Crippen molar-refractivity contribution in [2.45, 2.75) is 6.92 Å². The Kier molecular flexibility index (Phi) is 196.